The molecule has 1 amide bonds. The molecule has 0 aromatic carbocycles. The predicted octanol–water partition coefficient (Wildman–Crippen LogP) is 1.54. The standard InChI is InChI=1S/C16H23NO4/c1-21-10-16(15(19)20)5-2-6-17(9-16)14(18)13-8-11-3-4-12(13)7-11/h3-4,11-13H,2,5-10H2,1H3,(H,19,20). The number of piperidine rings is 1. The van der Waals surface area contributed by atoms with E-state index in [1.807, 2.05) is 0 Å². The Morgan fingerprint density at radius 3 is 2.76 bits per heavy atom. The van der Waals surface area contributed by atoms with Crippen LogP contribution in [0.15, 0.2) is 12.2 Å². The van der Waals surface area contributed by atoms with Crippen molar-refractivity contribution in [2.75, 3.05) is 26.8 Å². The SMILES string of the molecule is COCC1(C(=O)O)CCCN(C(=O)C2CC3C=CC2C3)C1. The maximum Gasteiger partial charge on any atom is 0.313 e. The summed E-state index contributed by atoms with van der Waals surface area (Å²) in [6, 6.07) is 0. The molecule has 0 aromatic heterocycles. The number of allylic oxidation sites excluding steroid dienone is 2. The van der Waals surface area contributed by atoms with Crippen molar-refractivity contribution in [3.63, 3.8) is 0 Å². The van der Waals surface area contributed by atoms with E-state index in [0.29, 0.717) is 24.8 Å². The number of nitrogens with zero attached hydrogens (tertiary/aromatic N) is 1. The number of ether oxygens (including phenoxy) is 1. The molecule has 2 fully saturated rings. The molecule has 1 aliphatic heterocycles. The van der Waals surface area contributed by atoms with E-state index in [2.05, 4.69) is 12.2 Å². The van der Waals surface area contributed by atoms with Gasteiger partial charge in [-0.15, -0.1) is 0 Å². The first-order valence-corrected chi connectivity index (χ1v) is 7.75. The average Bonchev–Trinajstić information content (AvgIpc) is 3.09. The number of aliphatic carboxylic acids is 1. The van der Waals surface area contributed by atoms with Gasteiger partial charge in [0.25, 0.3) is 0 Å². The molecule has 5 nitrogen and oxygen atoms in total. The Morgan fingerprint density at radius 1 is 1.38 bits per heavy atom. The molecule has 0 aromatic rings. The van der Waals surface area contributed by atoms with Gasteiger partial charge in [0.05, 0.1) is 6.61 Å². The lowest BCUT2D eigenvalue weighted by molar-refractivity contribution is -0.160. The number of hydrogen-bond donors (Lipinski definition) is 1. The van der Waals surface area contributed by atoms with Crippen LogP contribution in [0.25, 0.3) is 0 Å². The summed E-state index contributed by atoms with van der Waals surface area (Å²) < 4.78 is 5.12. The van der Waals surface area contributed by atoms with Crippen molar-refractivity contribution in [1.82, 2.24) is 4.90 Å². The van der Waals surface area contributed by atoms with Gasteiger partial charge in [0.1, 0.15) is 5.41 Å². The first-order chi connectivity index (χ1) is 10.1. The second-order valence-corrected chi connectivity index (χ2v) is 6.77. The number of rotatable bonds is 4. The third kappa shape index (κ3) is 2.48. The summed E-state index contributed by atoms with van der Waals surface area (Å²) in [6.07, 6.45) is 7.72. The highest BCUT2D eigenvalue weighted by Crippen LogP contribution is 2.45. The van der Waals surface area contributed by atoms with Crippen LogP contribution in [-0.4, -0.2) is 48.7 Å². The Kier molecular flexibility index (Phi) is 3.78. The molecule has 1 N–H and O–H groups in total. The van der Waals surface area contributed by atoms with E-state index < -0.39 is 11.4 Å². The molecular formula is C16H23NO4. The Morgan fingerprint density at radius 2 is 2.19 bits per heavy atom. The third-order valence-corrected chi connectivity index (χ3v) is 5.36. The van der Waals surface area contributed by atoms with Crippen LogP contribution >= 0.6 is 0 Å². The van der Waals surface area contributed by atoms with E-state index in [1.165, 1.54) is 7.11 Å². The summed E-state index contributed by atoms with van der Waals surface area (Å²) >= 11 is 0. The highest BCUT2D eigenvalue weighted by atomic mass is 16.5. The molecule has 2 aliphatic carbocycles. The number of amides is 1. The first-order valence-electron chi connectivity index (χ1n) is 7.75. The van der Waals surface area contributed by atoms with Gasteiger partial charge in [0, 0.05) is 26.1 Å². The van der Waals surface area contributed by atoms with Gasteiger partial charge < -0.3 is 14.7 Å². The number of hydrogen-bond acceptors (Lipinski definition) is 3. The molecule has 5 heteroatoms. The van der Waals surface area contributed by atoms with E-state index in [4.69, 9.17) is 4.74 Å². The molecule has 3 rings (SSSR count). The quantitative estimate of drug-likeness (QED) is 0.798. The Balaban J connectivity index is 1.72. The fourth-order valence-electron chi connectivity index (χ4n) is 4.25. The molecule has 116 valence electrons. The van der Waals surface area contributed by atoms with Crippen LogP contribution in [0.5, 0.6) is 0 Å². The van der Waals surface area contributed by atoms with Crippen LogP contribution in [0.4, 0.5) is 0 Å². The molecule has 0 spiro atoms. The van der Waals surface area contributed by atoms with Crippen LogP contribution in [0.1, 0.15) is 25.7 Å². The van der Waals surface area contributed by atoms with Gasteiger partial charge >= 0.3 is 5.97 Å². The molecule has 21 heavy (non-hydrogen) atoms. The van der Waals surface area contributed by atoms with Gasteiger partial charge in [-0.1, -0.05) is 12.2 Å². The third-order valence-electron chi connectivity index (χ3n) is 5.36. The van der Waals surface area contributed by atoms with E-state index >= 15 is 0 Å². The van der Waals surface area contributed by atoms with Gasteiger partial charge in [0.15, 0.2) is 0 Å². The summed E-state index contributed by atoms with van der Waals surface area (Å²) in [5.74, 6) is 0.276. The smallest absolute Gasteiger partial charge is 0.313 e. The van der Waals surface area contributed by atoms with E-state index in [1.54, 1.807) is 4.90 Å². The van der Waals surface area contributed by atoms with Gasteiger partial charge in [-0.3, -0.25) is 9.59 Å². The maximum absolute atomic E-state index is 12.8. The van der Waals surface area contributed by atoms with Crippen LogP contribution in [0.2, 0.25) is 0 Å². The normalized spacial score (nSPS) is 38.0. The highest BCUT2D eigenvalue weighted by molar-refractivity contribution is 5.82. The predicted molar refractivity (Wildman–Crippen MR) is 76.6 cm³/mol. The molecular weight excluding hydrogens is 270 g/mol. The van der Waals surface area contributed by atoms with Crippen LogP contribution in [0, 0.1) is 23.2 Å². The summed E-state index contributed by atoms with van der Waals surface area (Å²) in [5, 5.41) is 9.56. The number of methoxy groups -OCH3 is 1. The van der Waals surface area contributed by atoms with Gasteiger partial charge in [-0.05, 0) is 37.5 Å². The van der Waals surface area contributed by atoms with Crippen molar-refractivity contribution in [2.45, 2.75) is 25.7 Å². The number of carbonyl (C=O) groups is 2. The van der Waals surface area contributed by atoms with Crippen molar-refractivity contribution >= 4 is 11.9 Å². The number of carboxylic acids is 1. The summed E-state index contributed by atoms with van der Waals surface area (Å²) in [7, 11) is 1.52. The summed E-state index contributed by atoms with van der Waals surface area (Å²) in [6.45, 7) is 1.13. The second kappa shape index (κ2) is 5.44. The Hall–Kier alpha value is -1.36. The lowest BCUT2D eigenvalue weighted by atomic mass is 9.79. The van der Waals surface area contributed by atoms with Crippen LogP contribution in [0.3, 0.4) is 0 Å². The van der Waals surface area contributed by atoms with Crippen LogP contribution in [-0.2, 0) is 14.3 Å². The maximum atomic E-state index is 12.8. The Bertz CT molecular complexity index is 471. The fourth-order valence-corrected chi connectivity index (χ4v) is 4.25. The number of carboxylic acid groups (broad SMARTS) is 1. The molecule has 3 aliphatic rings. The lowest BCUT2D eigenvalue weighted by Crippen LogP contribution is -2.53. The zero-order valence-electron chi connectivity index (χ0n) is 12.5. The van der Waals surface area contributed by atoms with Crippen molar-refractivity contribution < 1.29 is 19.4 Å². The molecule has 1 saturated heterocycles. The number of likely N-dealkylation sites (tertiary alicyclic amines) is 1. The summed E-state index contributed by atoms with van der Waals surface area (Å²) in [5.41, 5.74) is -0.934. The fraction of sp³-hybridized carbons (Fsp3) is 0.750. The van der Waals surface area contributed by atoms with E-state index in [0.717, 1.165) is 19.3 Å². The van der Waals surface area contributed by atoms with Crippen molar-refractivity contribution in [3.8, 4) is 0 Å². The van der Waals surface area contributed by atoms with Crippen molar-refractivity contribution in [2.24, 2.45) is 23.2 Å². The largest absolute Gasteiger partial charge is 0.481 e. The van der Waals surface area contributed by atoms with Crippen LogP contribution < -0.4 is 0 Å². The van der Waals surface area contributed by atoms with E-state index in [9.17, 15) is 14.7 Å². The van der Waals surface area contributed by atoms with E-state index in [-0.39, 0.29) is 25.0 Å². The molecule has 1 saturated carbocycles. The highest BCUT2D eigenvalue weighted by Gasteiger charge is 2.47. The molecule has 0 radical (unpaired) electrons. The zero-order valence-corrected chi connectivity index (χ0v) is 12.5. The lowest BCUT2D eigenvalue weighted by Gasteiger charge is -2.41. The second-order valence-electron chi connectivity index (χ2n) is 6.77. The average molecular weight is 293 g/mol. The number of fused-ring (bicyclic) bond motifs is 2. The van der Waals surface area contributed by atoms with Crippen molar-refractivity contribution in [1.29, 1.82) is 0 Å². The number of carbonyl (C=O) groups excluding carboxylic acids is 1. The first kappa shape index (κ1) is 14.6. The Labute approximate surface area is 124 Å². The van der Waals surface area contributed by atoms with Gasteiger partial charge in [0.2, 0.25) is 5.91 Å². The molecule has 4 unspecified atom stereocenters. The minimum absolute atomic E-state index is 0.0622. The van der Waals surface area contributed by atoms with Crippen molar-refractivity contribution in [3.05, 3.63) is 12.2 Å². The minimum Gasteiger partial charge on any atom is -0.481 e. The summed E-state index contributed by atoms with van der Waals surface area (Å²) in [4.78, 5) is 26.2. The molecule has 4 atom stereocenters. The van der Waals surface area contributed by atoms with Gasteiger partial charge in [-0.2, -0.15) is 0 Å². The molecule has 2 bridgehead atoms. The minimum atomic E-state index is -0.934. The van der Waals surface area contributed by atoms with Gasteiger partial charge in [-0.25, -0.2) is 0 Å². The zero-order chi connectivity index (χ0) is 15.0. The topological polar surface area (TPSA) is 66.8 Å². The monoisotopic (exact) mass is 293 g/mol. The molecule has 1 heterocycles.